The maximum atomic E-state index is 14.0. The van der Waals surface area contributed by atoms with Crippen LogP contribution < -0.4 is 10.1 Å². The van der Waals surface area contributed by atoms with E-state index in [4.69, 9.17) is 14.7 Å². The Hall–Kier alpha value is -3.80. The molecular weight excluding hydrogens is 429 g/mol. The lowest BCUT2D eigenvalue weighted by Crippen LogP contribution is -2.19. The number of allylic oxidation sites excluding steroid dienone is 3. The number of aryl methyl sites for hydroxylation is 2. The molecule has 0 saturated carbocycles. The summed E-state index contributed by atoms with van der Waals surface area (Å²) in [5.41, 5.74) is 4.84. The molecule has 1 unspecified atom stereocenters. The fourth-order valence-electron chi connectivity index (χ4n) is 4.37. The van der Waals surface area contributed by atoms with Gasteiger partial charge in [-0.3, -0.25) is 4.79 Å². The van der Waals surface area contributed by atoms with Crippen LogP contribution in [0.1, 0.15) is 31.0 Å². The average molecular weight is 456 g/mol. The Morgan fingerprint density at radius 2 is 1.94 bits per heavy atom. The second-order valence-corrected chi connectivity index (χ2v) is 8.92. The summed E-state index contributed by atoms with van der Waals surface area (Å²) in [6.45, 7) is 1.53. The van der Waals surface area contributed by atoms with Crippen molar-refractivity contribution in [2.45, 2.75) is 38.3 Å². The van der Waals surface area contributed by atoms with Crippen LogP contribution in [0.5, 0.6) is 5.75 Å². The molecule has 1 N–H and O–H groups in total. The predicted molar refractivity (Wildman–Crippen MR) is 131 cm³/mol. The third-order valence-electron chi connectivity index (χ3n) is 6.24. The number of aromatic nitrogens is 2. The predicted octanol–water partition coefficient (Wildman–Crippen LogP) is 5.86. The summed E-state index contributed by atoms with van der Waals surface area (Å²) < 4.78 is 19.4. The van der Waals surface area contributed by atoms with Crippen molar-refractivity contribution in [1.82, 2.24) is 9.97 Å². The Labute approximate surface area is 198 Å². The fraction of sp³-hybridized carbons (Fsp3) is 0.250. The highest BCUT2D eigenvalue weighted by Crippen LogP contribution is 2.37. The molecule has 5 rings (SSSR count). The van der Waals surface area contributed by atoms with Crippen LogP contribution in [0, 0.1) is 0 Å². The fourth-order valence-corrected chi connectivity index (χ4v) is 4.37. The summed E-state index contributed by atoms with van der Waals surface area (Å²) in [6.07, 6.45) is 6.95. The molecule has 1 amide bonds. The van der Waals surface area contributed by atoms with Gasteiger partial charge in [0.1, 0.15) is 17.1 Å². The Morgan fingerprint density at radius 3 is 2.68 bits per heavy atom. The van der Waals surface area contributed by atoms with Crippen molar-refractivity contribution in [2.24, 2.45) is 0 Å². The molecule has 6 heteroatoms. The molecule has 0 aliphatic heterocycles. The van der Waals surface area contributed by atoms with E-state index in [0.29, 0.717) is 11.5 Å². The van der Waals surface area contributed by atoms with Crippen LogP contribution in [0.3, 0.4) is 0 Å². The number of carbonyl (C=O) groups is 1. The first-order chi connectivity index (χ1) is 16.4. The van der Waals surface area contributed by atoms with Gasteiger partial charge in [0.2, 0.25) is 5.91 Å². The molecule has 2 aliphatic carbocycles. The molecule has 0 saturated heterocycles. The van der Waals surface area contributed by atoms with Crippen LogP contribution in [-0.2, 0) is 17.6 Å². The number of fused-ring (bicyclic) bond motifs is 3. The van der Waals surface area contributed by atoms with Gasteiger partial charge < -0.3 is 10.1 Å². The third kappa shape index (κ3) is 4.49. The van der Waals surface area contributed by atoms with Gasteiger partial charge in [0, 0.05) is 17.5 Å². The number of methoxy groups -OCH3 is 1. The molecule has 34 heavy (non-hydrogen) atoms. The van der Waals surface area contributed by atoms with Gasteiger partial charge in [-0.2, -0.15) is 0 Å². The van der Waals surface area contributed by atoms with Gasteiger partial charge in [0.15, 0.2) is 5.82 Å². The van der Waals surface area contributed by atoms with Gasteiger partial charge in [0.25, 0.3) is 0 Å². The highest BCUT2D eigenvalue weighted by atomic mass is 19.1. The lowest BCUT2D eigenvalue weighted by atomic mass is 9.91. The number of carbonyl (C=O) groups excluding carboxylic acids is 1. The molecule has 0 fully saturated rings. The van der Waals surface area contributed by atoms with E-state index in [-0.39, 0.29) is 18.7 Å². The zero-order valence-electron chi connectivity index (χ0n) is 19.3. The standard InChI is InChI=1S/C28H26FN3O2/c1-28(29)14-12-18(13-15-28)16-24(33)31-27-25(19-6-4-3-5-7-19)32-26-22-10-9-21(34-2)17-20(22)8-11-23(26)30-27/h3-7,9-10,12-14,17H,8,11,15-16H2,1-2H3,(H,30,31,33). The summed E-state index contributed by atoms with van der Waals surface area (Å²) >= 11 is 0. The van der Waals surface area contributed by atoms with E-state index in [2.05, 4.69) is 5.32 Å². The van der Waals surface area contributed by atoms with Gasteiger partial charge >= 0.3 is 0 Å². The Bertz CT molecular complexity index is 1310. The van der Waals surface area contributed by atoms with E-state index in [0.717, 1.165) is 46.7 Å². The summed E-state index contributed by atoms with van der Waals surface area (Å²) in [7, 11) is 1.66. The topological polar surface area (TPSA) is 64.1 Å². The zero-order chi connectivity index (χ0) is 23.7. The minimum Gasteiger partial charge on any atom is -0.497 e. The molecular formula is C28H26FN3O2. The average Bonchev–Trinajstić information content (AvgIpc) is 2.85. The highest BCUT2D eigenvalue weighted by molar-refractivity contribution is 5.95. The van der Waals surface area contributed by atoms with Crippen LogP contribution in [0.15, 0.2) is 72.3 Å². The van der Waals surface area contributed by atoms with Crippen molar-refractivity contribution in [3.63, 3.8) is 0 Å². The molecule has 0 spiro atoms. The number of benzene rings is 2. The quantitative estimate of drug-likeness (QED) is 0.523. The zero-order valence-corrected chi connectivity index (χ0v) is 19.3. The molecule has 2 aliphatic rings. The third-order valence-corrected chi connectivity index (χ3v) is 6.24. The molecule has 1 atom stereocenters. The molecule has 1 aromatic heterocycles. The number of ether oxygens (including phenoxy) is 1. The van der Waals surface area contributed by atoms with E-state index in [1.165, 1.54) is 18.6 Å². The van der Waals surface area contributed by atoms with Crippen molar-refractivity contribution in [1.29, 1.82) is 0 Å². The Morgan fingerprint density at radius 1 is 1.12 bits per heavy atom. The maximum absolute atomic E-state index is 14.0. The molecule has 0 radical (unpaired) electrons. The SMILES string of the molecule is COc1ccc2c(c1)CCc1nc(NC(=O)CC3=CCC(C)(F)C=C3)c(-c3ccccc3)nc1-2. The summed E-state index contributed by atoms with van der Waals surface area (Å²) in [6, 6.07) is 15.7. The van der Waals surface area contributed by atoms with Crippen molar-refractivity contribution in [3.8, 4) is 28.3 Å². The summed E-state index contributed by atoms with van der Waals surface area (Å²) in [5.74, 6) is 1.06. The first-order valence-electron chi connectivity index (χ1n) is 11.4. The first-order valence-corrected chi connectivity index (χ1v) is 11.4. The Kier molecular flexibility index (Phi) is 5.74. The van der Waals surface area contributed by atoms with Crippen molar-refractivity contribution in [3.05, 3.63) is 83.6 Å². The number of hydrogen-bond acceptors (Lipinski definition) is 4. The lowest BCUT2D eigenvalue weighted by molar-refractivity contribution is -0.115. The van der Waals surface area contributed by atoms with Crippen LogP contribution in [-0.4, -0.2) is 28.7 Å². The molecule has 1 heterocycles. The van der Waals surface area contributed by atoms with Gasteiger partial charge in [-0.05, 0) is 55.2 Å². The number of hydrogen-bond donors (Lipinski definition) is 1. The van der Waals surface area contributed by atoms with E-state index in [1.54, 1.807) is 19.3 Å². The number of rotatable bonds is 5. The molecule has 3 aromatic rings. The molecule has 0 bridgehead atoms. The second-order valence-electron chi connectivity index (χ2n) is 8.92. The summed E-state index contributed by atoms with van der Waals surface area (Å²) in [5, 5.41) is 2.97. The van der Waals surface area contributed by atoms with Gasteiger partial charge in [-0.15, -0.1) is 0 Å². The van der Waals surface area contributed by atoms with E-state index >= 15 is 0 Å². The van der Waals surface area contributed by atoms with Gasteiger partial charge in [-0.1, -0.05) is 42.5 Å². The van der Waals surface area contributed by atoms with Gasteiger partial charge in [0.05, 0.1) is 24.9 Å². The summed E-state index contributed by atoms with van der Waals surface area (Å²) in [4.78, 5) is 22.8. The second kappa shape index (κ2) is 8.86. The largest absolute Gasteiger partial charge is 0.497 e. The van der Waals surface area contributed by atoms with Crippen LogP contribution in [0.4, 0.5) is 10.2 Å². The van der Waals surface area contributed by atoms with E-state index in [1.807, 2.05) is 48.5 Å². The number of nitrogens with one attached hydrogen (secondary N) is 1. The van der Waals surface area contributed by atoms with Crippen LogP contribution in [0.25, 0.3) is 22.5 Å². The first kappa shape index (κ1) is 22.0. The maximum Gasteiger partial charge on any atom is 0.229 e. The smallest absolute Gasteiger partial charge is 0.229 e. The number of amides is 1. The normalized spacial score (nSPS) is 18.5. The molecule has 5 nitrogen and oxygen atoms in total. The van der Waals surface area contributed by atoms with Crippen LogP contribution in [0.2, 0.25) is 0 Å². The number of alkyl halides is 1. The number of halogens is 1. The molecule has 2 aromatic carbocycles. The van der Waals surface area contributed by atoms with Crippen LogP contribution >= 0.6 is 0 Å². The molecule has 172 valence electrons. The minimum atomic E-state index is -1.36. The Balaban J connectivity index is 1.49. The highest BCUT2D eigenvalue weighted by Gasteiger charge is 2.25. The van der Waals surface area contributed by atoms with Crippen molar-refractivity contribution >= 4 is 11.7 Å². The van der Waals surface area contributed by atoms with E-state index < -0.39 is 5.67 Å². The monoisotopic (exact) mass is 455 g/mol. The number of nitrogens with zero attached hydrogens (tertiary/aromatic N) is 2. The van der Waals surface area contributed by atoms with Gasteiger partial charge in [-0.25, -0.2) is 14.4 Å². The van der Waals surface area contributed by atoms with Crippen molar-refractivity contribution < 1.29 is 13.9 Å². The minimum absolute atomic E-state index is 0.155. The lowest BCUT2D eigenvalue weighted by Gasteiger charge is -2.22. The van der Waals surface area contributed by atoms with E-state index in [9.17, 15) is 9.18 Å². The number of anilines is 1. The van der Waals surface area contributed by atoms with Crippen molar-refractivity contribution in [2.75, 3.05) is 12.4 Å².